The van der Waals surface area contributed by atoms with E-state index in [0.717, 1.165) is 5.56 Å². The first kappa shape index (κ1) is 14.1. The normalized spacial score (nSPS) is 13.6. The van der Waals surface area contributed by atoms with Gasteiger partial charge in [-0.15, -0.1) is 0 Å². The van der Waals surface area contributed by atoms with Gasteiger partial charge in [0.2, 0.25) is 0 Å². The van der Waals surface area contributed by atoms with Crippen molar-refractivity contribution in [2.24, 2.45) is 0 Å². The maximum atomic E-state index is 12.7. The first-order chi connectivity index (χ1) is 7.94. The van der Waals surface area contributed by atoms with E-state index in [4.69, 9.17) is 0 Å². The van der Waals surface area contributed by atoms with Crippen molar-refractivity contribution < 1.29 is 12.8 Å². The van der Waals surface area contributed by atoms with Crippen LogP contribution in [0.3, 0.4) is 0 Å². The van der Waals surface area contributed by atoms with Crippen LogP contribution in [0.2, 0.25) is 0 Å². The van der Waals surface area contributed by atoms with E-state index in [9.17, 15) is 12.8 Å². The molecule has 1 aromatic carbocycles. The van der Waals surface area contributed by atoms with Crippen LogP contribution >= 0.6 is 0 Å². The molecule has 1 aromatic rings. The Balaban J connectivity index is 2.45. The fourth-order valence-electron chi connectivity index (χ4n) is 1.44. The fourth-order valence-corrected chi connectivity index (χ4v) is 2.16. The third-order valence-electron chi connectivity index (χ3n) is 2.67. The Morgan fingerprint density at radius 2 is 1.88 bits per heavy atom. The lowest BCUT2D eigenvalue weighted by molar-refractivity contribution is 0.571. The highest BCUT2D eigenvalue weighted by Gasteiger charge is 2.09. The first-order valence-corrected chi connectivity index (χ1v) is 7.46. The number of benzene rings is 1. The quantitative estimate of drug-likeness (QED) is 0.849. The summed E-state index contributed by atoms with van der Waals surface area (Å²) in [5.41, 5.74) is 0.945. The summed E-state index contributed by atoms with van der Waals surface area (Å²) in [6, 6.07) is 6.21. The van der Waals surface area contributed by atoms with Gasteiger partial charge in [-0.05, 0) is 24.6 Å². The number of hydrogen-bond acceptors (Lipinski definition) is 3. The Morgan fingerprint density at radius 1 is 1.29 bits per heavy atom. The Labute approximate surface area is 102 Å². The summed E-state index contributed by atoms with van der Waals surface area (Å²) in [5, 5.41) is 3.11. The molecule has 5 heteroatoms. The summed E-state index contributed by atoms with van der Waals surface area (Å²) < 4.78 is 35.2. The van der Waals surface area contributed by atoms with Gasteiger partial charge in [0.25, 0.3) is 0 Å². The smallest absolute Gasteiger partial charge is 0.151 e. The molecule has 3 nitrogen and oxygen atoms in total. The van der Waals surface area contributed by atoms with Gasteiger partial charge in [-0.25, -0.2) is 12.8 Å². The third kappa shape index (κ3) is 4.83. The molecule has 0 aliphatic rings. The molecule has 1 atom stereocenters. The molecule has 0 saturated carbocycles. The van der Waals surface area contributed by atoms with Crippen LogP contribution in [0.5, 0.6) is 0 Å². The van der Waals surface area contributed by atoms with Crippen molar-refractivity contribution in [1.82, 2.24) is 5.32 Å². The molecule has 0 aliphatic carbocycles. The zero-order valence-corrected chi connectivity index (χ0v) is 10.9. The number of nitrogens with one attached hydrogen (secondary N) is 1. The van der Waals surface area contributed by atoms with Gasteiger partial charge in [-0.3, -0.25) is 0 Å². The van der Waals surface area contributed by atoms with E-state index in [0.29, 0.717) is 6.54 Å². The SMILES string of the molecule is CCS(=O)(=O)CCN[C@@H](C)c1ccc(F)cc1. The minimum atomic E-state index is -2.93. The van der Waals surface area contributed by atoms with Crippen molar-refractivity contribution in [2.45, 2.75) is 19.9 Å². The highest BCUT2D eigenvalue weighted by Crippen LogP contribution is 2.12. The summed E-state index contributed by atoms with van der Waals surface area (Å²) in [5.74, 6) is 0.0313. The molecule has 17 heavy (non-hydrogen) atoms. The predicted molar refractivity (Wildman–Crippen MR) is 67.1 cm³/mol. The van der Waals surface area contributed by atoms with Gasteiger partial charge >= 0.3 is 0 Å². The number of sulfone groups is 1. The second-order valence-electron chi connectivity index (χ2n) is 3.96. The molecule has 0 radical (unpaired) electrons. The highest BCUT2D eigenvalue weighted by atomic mass is 32.2. The largest absolute Gasteiger partial charge is 0.309 e. The number of rotatable bonds is 6. The van der Waals surface area contributed by atoms with Gasteiger partial charge in [0.15, 0.2) is 9.84 Å². The van der Waals surface area contributed by atoms with Crippen LogP contribution in [0, 0.1) is 5.82 Å². The average molecular weight is 259 g/mol. The summed E-state index contributed by atoms with van der Waals surface area (Å²) >= 11 is 0. The van der Waals surface area contributed by atoms with Crippen LogP contribution in [0.4, 0.5) is 4.39 Å². The van der Waals surface area contributed by atoms with Crippen LogP contribution in [-0.4, -0.2) is 26.5 Å². The van der Waals surface area contributed by atoms with Crippen LogP contribution in [-0.2, 0) is 9.84 Å². The Hall–Kier alpha value is -0.940. The van der Waals surface area contributed by atoms with Gasteiger partial charge in [-0.1, -0.05) is 19.1 Å². The van der Waals surface area contributed by atoms with E-state index in [-0.39, 0.29) is 23.4 Å². The Bertz CT molecular complexity index is 442. The molecule has 0 unspecified atom stereocenters. The number of hydrogen-bond donors (Lipinski definition) is 1. The maximum Gasteiger partial charge on any atom is 0.151 e. The fraction of sp³-hybridized carbons (Fsp3) is 0.500. The van der Waals surface area contributed by atoms with E-state index in [1.807, 2.05) is 6.92 Å². The topological polar surface area (TPSA) is 46.2 Å². The molecule has 0 spiro atoms. The van der Waals surface area contributed by atoms with Crippen molar-refractivity contribution in [1.29, 1.82) is 0 Å². The Morgan fingerprint density at radius 3 is 2.41 bits per heavy atom. The van der Waals surface area contributed by atoms with Gasteiger partial charge in [0.05, 0.1) is 5.75 Å². The van der Waals surface area contributed by atoms with Crippen LogP contribution < -0.4 is 5.32 Å². The second kappa shape index (κ2) is 6.12. The number of halogens is 1. The maximum absolute atomic E-state index is 12.7. The van der Waals surface area contributed by atoms with Crippen molar-refractivity contribution in [2.75, 3.05) is 18.1 Å². The monoisotopic (exact) mass is 259 g/mol. The summed E-state index contributed by atoms with van der Waals surface area (Å²) in [7, 11) is -2.93. The highest BCUT2D eigenvalue weighted by molar-refractivity contribution is 7.91. The van der Waals surface area contributed by atoms with Crippen molar-refractivity contribution >= 4 is 9.84 Å². The summed E-state index contributed by atoms with van der Waals surface area (Å²) in [6.07, 6.45) is 0. The third-order valence-corrected chi connectivity index (χ3v) is 4.38. The van der Waals surface area contributed by atoms with Gasteiger partial charge in [0, 0.05) is 18.3 Å². The van der Waals surface area contributed by atoms with Gasteiger partial charge in [-0.2, -0.15) is 0 Å². The van der Waals surface area contributed by atoms with Crippen LogP contribution in [0.15, 0.2) is 24.3 Å². The van der Waals surface area contributed by atoms with Crippen molar-refractivity contribution in [3.05, 3.63) is 35.6 Å². The van der Waals surface area contributed by atoms with Crippen LogP contribution in [0.25, 0.3) is 0 Å². The van der Waals surface area contributed by atoms with Gasteiger partial charge in [0.1, 0.15) is 5.82 Å². The molecule has 0 fully saturated rings. The van der Waals surface area contributed by atoms with E-state index in [2.05, 4.69) is 5.32 Å². The Kier molecular flexibility index (Phi) is 5.08. The molecule has 0 bridgehead atoms. The second-order valence-corrected chi connectivity index (χ2v) is 6.44. The lowest BCUT2D eigenvalue weighted by Gasteiger charge is -2.14. The van der Waals surface area contributed by atoms with Crippen molar-refractivity contribution in [3.8, 4) is 0 Å². The minimum absolute atomic E-state index is 0.0163. The molecule has 0 aliphatic heterocycles. The molecule has 0 heterocycles. The van der Waals surface area contributed by atoms with Crippen molar-refractivity contribution in [3.63, 3.8) is 0 Å². The summed E-state index contributed by atoms with van der Waals surface area (Å²) in [4.78, 5) is 0. The predicted octanol–water partition coefficient (Wildman–Crippen LogP) is 1.91. The molecule has 0 amide bonds. The van der Waals surface area contributed by atoms with E-state index >= 15 is 0 Å². The molecule has 1 N–H and O–H groups in total. The standard InChI is InChI=1S/C12H18FNO2S/c1-3-17(15,16)9-8-14-10(2)11-4-6-12(13)7-5-11/h4-7,10,14H,3,8-9H2,1-2H3/t10-/m0/s1. The van der Waals surface area contributed by atoms with E-state index < -0.39 is 9.84 Å². The summed E-state index contributed by atoms with van der Waals surface area (Å²) in [6.45, 7) is 3.97. The van der Waals surface area contributed by atoms with Gasteiger partial charge < -0.3 is 5.32 Å². The molecule has 96 valence electrons. The lowest BCUT2D eigenvalue weighted by atomic mass is 10.1. The average Bonchev–Trinajstić information content (AvgIpc) is 2.29. The lowest BCUT2D eigenvalue weighted by Crippen LogP contribution is -2.26. The zero-order valence-electron chi connectivity index (χ0n) is 10.1. The molecular weight excluding hydrogens is 241 g/mol. The van der Waals surface area contributed by atoms with Crippen LogP contribution in [0.1, 0.15) is 25.5 Å². The molecule has 0 aromatic heterocycles. The molecular formula is C12H18FNO2S. The van der Waals surface area contributed by atoms with E-state index in [1.165, 1.54) is 12.1 Å². The minimum Gasteiger partial charge on any atom is -0.309 e. The molecule has 1 rings (SSSR count). The first-order valence-electron chi connectivity index (χ1n) is 5.64. The zero-order chi connectivity index (χ0) is 12.9. The van der Waals surface area contributed by atoms with E-state index in [1.54, 1.807) is 19.1 Å². The molecule has 0 saturated heterocycles.